The Kier molecular flexibility index (Phi) is 5.53. The number of benzene rings is 2. The van der Waals surface area contributed by atoms with Crippen molar-refractivity contribution in [2.45, 2.75) is 40.6 Å². The van der Waals surface area contributed by atoms with E-state index in [1.54, 1.807) is 28.2 Å². The van der Waals surface area contributed by atoms with Gasteiger partial charge in [0.15, 0.2) is 0 Å². The van der Waals surface area contributed by atoms with Crippen LogP contribution < -0.4 is 0 Å². The molecule has 144 valence electrons. The van der Waals surface area contributed by atoms with Gasteiger partial charge in [0.25, 0.3) is 0 Å². The lowest BCUT2D eigenvalue weighted by Gasteiger charge is -2.24. The molecule has 1 saturated heterocycles. The van der Waals surface area contributed by atoms with Gasteiger partial charge >= 0.3 is 0 Å². The van der Waals surface area contributed by atoms with Crippen molar-refractivity contribution in [1.82, 2.24) is 9.29 Å². The van der Waals surface area contributed by atoms with Crippen molar-refractivity contribution in [2.24, 2.45) is 0 Å². The van der Waals surface area contributed by atoms with Gasteiger partial charge in [-0.2, -0.15) is 4.31 Å². The zero-order valence-corrected chi connectivity index (χ0v) is 17.3. The van der Waals surface area contributed by atoms with E-state index >= 15 is 0 Å². The van der Waals surface area contributed by atoms with Crippen molar-refractivity contribution < 1.29 is 8.42 Å². The Morgan fingerprint density at radius 1 is 1.00 bits per heavy atom. The van der Waals surface area contributed by atoms with Crippen molar-refractivity contribution in [1.29, 1.82) is 0 Å². The molecular weight excluding hydrogens is 388 g/mol. The monoisotopic (exact) mass is 410 g/mol. The highest BCUT2D eigenvalue weighted by Gasteiger charge is 2.36. The molecule has 0 aliphatic carbocycles. The predicted octanol–water partition coefficient (Wildman–Crippen LogP) is 5.07. The molecule has 0 unspecified atom stereocenters. The van der Waals surface area contributed by atoms with Gasteiger partial charge in [-0.05, 0) is 55.7 Å². The predicted molar refractivity (Wildman–Crippen MR) is 112 cm³/mol. The average molecular weight is 411 g/mol. The van der Waals surface area contributed by atoms with E-state index in [4.69, 9.17) is 0 Å². The van der Waals surface area contributed by atoms with E-state index in [0.29, 0.717) is 11.4 Å². The van der Waals surface area contributed by atoms with E-state index in [9.17, 15) is 8.42 Å². The quantitative estimate of drug-likeness (QED) is 0.589. The van der Waals surface area contributed by atoms with E-state index in [2.05, 4.69) is 4.98 Å². The molecule has 4 rings (SSSR count). The Morgan fingerprint density at radius 2 is 1.75 bits per heavy atom. The molecule has 28 heavy (non-hydrogen) atoms. The molecule has 0 bridgehead atoms. The summed E-state index contributed by atoms with van der Waals surface area (Å²) in [7, 11) is -3.51. The first kappa shape index (κ1) is 19.2. The highest BCUT2D eigenvalue weighted by molar-refractivity contribution is 7.99. The molecule has 0 saturated carbocycles. The Labute approximate surface area is 170 Å². The van der Waals surface area contributed by atoms with Gasteiger partial charge in [-0.15, -0.1) is 0 Å². The second kappa shape index (κ2) is 8.07. The summed E-state index contributed by atoms with van der Waals surface area (Å²) in [4.78, 5) is 6.05. The van der Waals surface area contributed by atoms with Crippen LogP contribution >= 0.6 is 11.8 Å². The zero-order valence-electron chi connectivity index (χ0n) is 15.7. The highest BCUT2D eigenvalue weighted by atomic mass is 32.2. The lowest BCUT2D eigenvalue weighted by Crippen LogP contribution is -2.30. The van der Waals surface area contributed by atoms with Gasteiger partial charge in [-0.1, -0.05) is 53.7 Å². The van der Waals surface area contributed by atoms with Crippen molar-refractivity contribution in [3.8, 4) is 0 Å². The molecule has 0 N–H and O–H groups in total. The topological polar surface area (TPSA) is 50.3 Å². The van der Waals surface area contributed by atoms with E-state index in [0.717, 1.165) is 33.9 Å². The van der Waals surface area contributed by atoms with Crippen LogP contribution in [0.25, 0.3) is 0 Å². The van der Waals surface area contributed by atoms with Crippen LogP contribution in [0.4, 0.5) is 0 Å². The number of hydrogen-bond donors (Lipinski definition) is 0. The third kappa shape index (κ3) is 3.99. The first-order chi connectivity index (χ1) is 13.5. The number of sulfonamides is 1. The van der Waals surface area contributed by atoms with Crippen LogP contribution in [0.2, 0.25) is 0 Å². The number of nitrogens with zero attached hydrogens (tertiary/aromatic N) is 2. The minimum Gasteiger partial charge on any atom is -0.249 e. The molecule has 0 radical (unpaired) electrons. The lowest BCUT2D eigenvalue weighted by atomic mass is 10.1. The van der Waals surface area contributed by atoms with Crippen LogP contribution in [-0.2, 0) is 10.0 Å². The molecule has 3 aromatic rings. The minimum atomic E-state index is -3.51. The molecule has 1 aromatic heterocycles. The molecule has 1 fully saturated rings. The fourth-order valence-electron chi connectivity index (χ4n) is 3.47. The number of aryl methyl sites for hydroxylation is 1. The Bertz CT molecular complexity index is 1030. The maximum Gasteiger partial charge on any atom is 0.243 e. The lowest BCUT2D eigenvalue weighted by molar-refractivity contribution is 0.396. The van der Waals surface area contributed by atoms with Gasteiger partial charge in [-0.25, -0.2) is 13.4 Å². The molecule has 1 aliphatic heterocycles. The molecule has 1 aliphatic rings. The summed E-state index contributed by atoms with van der Waals surface area (Å²) < 4.78 is 27.9. The summed E-state index contributed by atoms with van der Waals surface area (Å²) in [5.74, 6) is 0. The Hall–Kier alpha value is -2.15. The van der Waals surface area contributed by atoms with Crippen LogP contribution in [0.5, 0.6) is 0 Å². The molecule has 0 amide bonds. The minimum absolute atomic E-state index is 0.158. The molecule has 2 aromatic carbocycles. The molecule has 4 nitrogen and oxygen atoms in total. The largest absolute Gasteiger partial charge is 0.249 e. The fraction of sp³-hybridized carbons (Fsp3) is 0.227. The van der Waals surface area contributed by atoms with Gasteiger partial charge in [0.1, 0.15) is 5.03 Å². The highest BCUT2D eigenvalue weighted by Crippen LogP contribution is 2.37. The first-order valence-corrected chi connectivity index (χ1v) is 11.6. The molecule has 0 spiro atoms. The van der Waals surface area contributed by atoms with E-state index in [1.165, 1.54) is 0 Å². The van der Waals surface area contributed by atoms with Crippen LogP contribution in [-0.4, -0.2) is 24.3 Å². The number of rotatable bonds is 5. The normalized spacial score (nSPS) is 17.7. The summed E-state index contributed by atoms with van der Waals surface area (Å²) in [6, 6.07) is 21.0. The summed E-state index contributed by atoms with van der Waals surface area (Å²) in [5.41, 5.74) is 2.00. The Balaban J connectivity index is 1.55. The van der Waals surface area contributed by atoms with E-state index in [-0.39, 0.29) is 6.04 Å². The van der Waals surface area contributed by atoms with Crippen molar-refractivity contribution in [3.63, 3.8) is 0 Å². The molecular formula is C22H22N2O2S2. The zero-order chi connectivity index (χ0) is 19.6. The second-order valence-electron chi connectivity index (χ2n) is 6.93. The van der Waals surface area contributed by atoms with Gasteiger partial charge in [0.05, 0.1) is 10.9 Å². The summed E-state index contributed by atoms with van der Waals surface area (Å²) in [6.07, 6.45) is 3.49. The number of hydrogen-bond acceptors (Lipinski definition) is 4. The van der Waals surface area contributed by atoms with Gasteiger partial charge in [0, 0.05) is 17.6 Å². The standard InChI is InChI=1S/C22H22N2O2S2/c1-17-9-12-20(13-10-17)28(25,26)24-15-5-8-21(24)18-11-14-22(23-16-18)27-19-6-3-2-4-7-19/h2-4,6-7,9-14,16,21H,5,8,15H2,1H3/t21-/m0/s1. The molecule has 6 heteroatoms. The Morgan fingerprint density at radius 3 is 2.43 bits per heavy atom. The summed E-state index contributed by atoms with van der Waals surface area (Å²) in [5, 5.41) is 0.904. The van der Waals surface area contributed by atoms with E-state index in [1.807, 2.05) is 67.7 Å². The van der Waals surface area contributed by atoms with Crippen LogP contribution in [0, 0.1) is 6.92 Å². The number of aromatic nitrogens is 1. The van der Waals surface area contributed by atoms with Gasteiger partial charge < -0.3 is 0 Å². The van der Waals surface area contributed by atoms with Crippen LogP contribution in [0.3, 0.4) is 0 Å². The SMILES string of the molecule is Cc1ccc(S(=O)(=O)N2CCC[C@H]2c2ccc(Sc3ccccc3)nc2)cc1. The maximum absolute atomic E-state index is 13.1. The molecule has 1 atom stereocenters. The van der Waals surface area contributed by atoms with Crippen molar-refractivity contribution >= 4 is 21.8 Å². The molecule has 2 heterocycles. The maximum atomic E-state index is 13.1. The van der Waals surface area contributed by atoms with Gasteiger partial charge in [-0.3, -0.25) is 0 Å². The summed E-state index contributed by atoms with van der Waals surface area (Å²) >= 11 is 1.60. The van der Waals surface area contributed by atoms with E-state index < -0.39 is 10.0 Å². The van der Waals surface area contributed by atoms with Crippen LogP contribution in [0.1, 0.15) is 30.0 Å². The summed E-state index contributed by atoms with van der Waals surface area (Å²) in [6.45, 7) is 2.50. The average Bonchev–Trinajstić information content (AvgIpc) is 3.21. The van der Waals surface area contributed by atoms with Gasteiger partial charge in [0.2, 0.25) is 10.0 Å². The van der Waals surface area contributed by atoms with Crippen molar-refractivity contribution in [2.75, 3.05) is 6.54 Å². The van der Waals surface area contributed by atoms with Crippen LogP contribution in [0.15, 0.2) is 87.7 Å². The third-order valence-corrected chi connectivity index (χ3v) is 7.82. The first-order valence-electron chi connectivity index (χ1n) is 9.31. The number of pyridine rings is 1. The fourth-order valence-corrected chi connectivity index (χ4v) is 5.92. The smallest absolute Gasteiger partial charge is 0.243 e. The van der Waals surface area contributed by atoms with Crippen molar-refractivity contribution in [3.05, 3.63) is 84.1 Å². The third-order valence-electron chi connectivity index (χ3n) is 4.94. The second-order valence-corrected chi connectivity index (χ2v) is 9.92.